The third-order valence-electron chi connectivity index (χ3n) is 6.19. The minimum atomic E-state index is -0.270. The van der Waals surface area contributed by atoms with E-state index in [0.29, 0.717) is 6.04 Å². The van der Waals surface area contributed by atoms with Gasteiger partial charge in [-0.3, -0.25) is 9.89 Å². The van der Waals surface area contributed by atoms with Crippen molar-refractivity contribution in [1.82, 2.24) is 4.90 Å². The lowest BCUT2D eigenvalue weighted by Gasteiger charge is -2.52. The molecule has 0 saturated carbocycles. The van der Waals surface area contributed by atoms with Crippen LogP contribution < -0.4 is 0 Å². The quantitative estimate of drug-likeness (QED) is 0.929. The van der Waals surface area contributed by atoms with E-state index in [2.05, 4.69) is 35.0 Å². The van der Waals surface area contributed by atoms with E-state index in [9.17, 15) is 5.11 Å². The molecule has 0 aromatic heterocycles. The molecule has 3 saturated heterocycles. The molecule has 4 heterocycles. The molecule has 1 aromatic rings. The van der Waals surface area contributed by atoms with Crippen LogP contribution in [0, 0.1) is 11.8 Å². The molecule has 1 N–H and O–H groups in total. The number of aliphatic imine (C=N–C) groups is 1. The molecule has 2 bridgehead atoms. The monoisotopic (exact) mass is 298 g/mol. The van der Waals surface area contributed by atoms with Gasteiger partial charge in [0, 0.05) is 24.7 Å². The second kappa shape index (κ2) is 5.78. The first-order valence-electron chi connectivity index (χ1n) is 8.81. The summed E-state index contributed by atoms with van der Waals surface area (Å²) < 4.78 is 0. The minimum Gasteiger partial charge on any atom is -0.391 e. The average molecular weight is 298 g/mol. The highest BCUT2D eigenvalue weighted by Gasteiger charge is 2.44. The topological polar surface area (TPSA) is 35.8 Å². The summed E-state index contributed by atoms with van der Waals surface area (Å²) in [6, 6.07) is 8.64. The van der Waals surface area contributed by atoms with Gasteiger partial charge in [0.25, 0.3) is 0 Å². The highest BCUT2D eigenvalue weighted by atomic mass is 16.3. The van der Waals surface area contributed by atoms with Crippen molar-refractivity contribution in [3.8, 4) is 0 Å². The van der Waals surface area contributed by atoms with E-state index < -0.39 is 0 Å². The molecule has 0 spiro atoms. The van der Waals surface area contributed by atoms with Crippen LogP contribution in [0.2, 0.25) is 0 Å². The maximum absolute atomic E-state index is 11.1. The molecule has 3 nitrogen and oxygen atoms in total. The Morgan fingerprint density at radius 1 is 1.36 bits per heavy atom. The summed E-state index contributed by atoms with van der Waals surface area (Å²) in [5.41, 5.74) is 2.27. The lowest BCUT2D eigenvalue weighted by atomic mass is 9.71. The first kappa shape index (κ1) is 14.4. The summed E-state index contributed by atoms with van der Waals surface area (Å²) in [6.45, 7) is 4.67. The molecular weight excluding hydrogens is 272 g/mol. The Bertz CT molecular complexity index is 570. The zero-order valence-electron chi connectivity index (χ0n) is 13.4. The van der Waals surface area contributed by atoms with Crippen LogP contribution in [0.1, 0.15) is 44.1 Å². The number of para-hydroxylation sites is 1. The van der Waals surface area contributed by atoms with Gasteiger partial charge >= 0.3 is 0 Å². The molecule has 3 heteroatoms. The number of piperidine rings is 3. The van der Waals surface area contributed by atoms with Crippen molar-refractivity contribution in [2.75, 3.05) is 13.1 Å². The maximum atomic E-state index is 11.1. The average Bonchev–Trinajstić information content (AvgIpc) is 2.60. The molecule has 22 heavy (non-hydrogen) atoms. The third-order valence-corrected chi connectivity index (χ3v) is 6.19. The van der Waals surface area contributed by atoms with E-state index in [1.807, 2.05) is 12.3 Å². The highest BCUT2D eigenvalue weighted by Crippen LogP contribution is 2.43. The molecule has 0 amide bonds. The summed E-state index contributed by atoms with van der Waals surface area (Å²) in [4.78, 5) is 7.06. The van der Waals surface area contributed by atoms with Gasteiger partial charge in [0.1, 0.15) is 0 Å². The third kappa shape index (κ3) is 2.31. The molecular formula is C19H26N2O. The first-order chi connectivity index (χ1) is 10.8. The Balaban J connectivity index is 1.56. The summed E-state index contributed by atoms with van der Waals surface area (Å²) >= 11 is 0. The Morgan fingerprint density at radius 2 is 2.23 bits per heavy atom. The van der Waals surface area contributed by atoms with Crippen molar-refractivity contribution in [3.63, 3.8) is 0 Å². The zero-order chi connectivity index (χ0) is 15.1. The van der Waals surface area contributed by atoms with Crippen molar-refractivity contribution < 1.29 is 5.11 Å². The van der Waals surface area contributed by atoms with Gasteiger partial charge in [-0.05, 0) is 49.3 Å². The number of benzene rings is 1. The standard InChI is InChI=1S/C19H26N2O/c1-2-13-12-21-10-8-14(13)11-18(21)19(22)16-7-9-20-17-6-4-3-5-15(16)17/h3-6,9,13-14,16,18-19,22H,2,7-8,10-12H2,1H3/t13-,14-,16-,18-,19+/m0/s1. The van der Waals surface area contributed by atoms with Gasteiger partial charge in [0.15, 0.2) is 0 Å². The number of aliphatic hydroxyl groups is 1. The van der Waals surface area contributed by atoms with E-state index in [1.54, 1.807) is 0 Å². The van der Waals surface area contributed by atoms with Gasteiger partial charge < -0.3 is 5.11 Å². The van der Waals surface area contributed by atoms with Gasteiger partial charge in [-0.2, -0.15) is 0 Å². The van der Waals surface area contributed by atoms with Crippen molar-refractivity contribution in [2.45, 2.75) is 50.7 Å². The summed E-state index contributed by atoms with van der Waals surface area (Å²) in [6.07, 6.45) is 6.36. The SMILES string of the molecule is CC[C@H]1CN2CC[C@H]1C[C@H]2[C@H](O)[C@H]1CC=Nc2ccccc21. The summed E-state index contributed by atoms with van der Waals surface area (Å²) in [5.74, 6) is 1.87. The molecule has 4 aliphatic rings. The van der Waals surface area contributed by atoms with Gasteiger partial charge in [-0.1, -0.05) is 31.5 Å². The largest absolute Gasteiger partial charge is 0.391 e. The molecule has 1 unspecified atom stereocenters. The van der Waals surface area contributed by atoms with E-state index in [0.717, 1.165) is 23.9 Å². The van der Waals surface area contributed by atoms with Crippen molar-refractivity contribution in [1.29, 1.82) is 0 Å². The molecule has 118 valence electrons. The normalized spacial score (nSPS) is 37.8. The van der Waals surface area contributed by atoms with Crippen LogP contribution in [-0.2, 0) is 0 Å². The van der Waals surface area contributed by atoms with Crippen molar-refractivity contribution in [2.24, 2.45) is 16.8 Å². The van der Waals surface area contributed by atoms with E-state index in [4.69, 9.17) is 0 Å². The van der Waals surface area contributed by atoms with Crippen LogP contribution in [0.3, 0.4) is 0 Å². The van der Waals surface area contributed by atoms with Crippen LogP contribution in [0.25, 0.3) is 0 Å². The van der Waals surface area contributed by atoms with E-state index >= 15 is 0 Å². The molecule has 1 aromatic carbocycles. The Labute approximate surface area is 133 Å². The van der Waals surface area contributed by atoms with E-state index in [-0.39, 0.29) is 12.0 Å². The molecule has 5 rings (SSSR count). The highest BCUT2D eigenvalue weighted by molar-refractivity contribution is 5.70. The fourth-order valence-electron chi connectivity index (χ4n) is 4.90. The number of nitrogens with zero attached hydrogens (tertiary/aromatic N) is 2. The number of aliphatic hydroxyl groups excluding tert-OH is 1. The van der Waals surface area contributed by atoms with Gasteiger partial charge in [0.05, 0.1) is 11.8 Å². The fourth-order valence-corrected chi connectivity index (χ4v) is 4.90. The second-order valence-corrected chi connectivity index (χ2v) is 7.22. The fraction of sp³-hybridized carbons (Fsp3) is 0.632. The second-order valence-electron chi connectivity index (χ2n) is 7.22. The summed E-state index contributed by atoms with van der Waals surface area (Å²) in [7, 11) is 0. The molecule has 4 aliphatic heterocycles. The minimum absolute atomic E-state index is 0.207. The number of fused-ring (bicyclic) bond motifs is 4. The zero-order valence-corrected chi connectivity index (χ0v) is 13.4. The van der Waals surface area contributed by atoms with Gasteiger partial charge in [0.2, 0.25) is 0 Å². The van der Waals surface area contributed by atoms with Crippen molar-refractivity contribution >= 4 is 11.9 Å². The lowest BCUT2D eigenvalue weighted by molar-refractivity contribution is -0.0626. The predicted octanol–water partition coefficient (Wildman–Crippen LogP) is 3.36. The van der Waals surface area contributed by atoms with E-state index in [1.165, 1.54) is 37.9 Å². The molecule has 0 aliphatic carbocycles. The lowest BCUT2D eigenvalue weighted by Crippen LogP contribution is -2.58. The number of rotatable bonds is 3. The molecule has 6 atom stereocenters. The number of hydrogen-bond donors (Lipinski definition) is 1. The number of hydrogen-bond acceptors (Lipinski definition) is 3. The smallest absolute Gasteiger partial charge is 0.0768 e. The van der Waals surface area contributed by atoms with Crippen LogP contribution in [0.15, 0.2) is 29.3 Å². The van der Waals surface area contributed by atoms with Gasteiger partial charge in [-0.15, -0.1) is 0 Å². The Morgan fingerprint density at radius 3 is 3.00 bits per heavy atom. The van der Waals surface area contributed by atoms with Crippen LogP contribution in [0.5, 0.6) is 0 Å². The van der Waals surface area contributed by atoms with Crippen LogP contribution in [0.4, 0.5) is 5.69 Å². The van der Waals surface area contributed by atoms with Crippen LogP contribution >= 0.6 is 0 Å². The van der Waals surface area contributed by atoms with Crippen LogP contribution in [-0.4, -0.2) is 41.5 Å². The molecule has 0 radical (unpaired) electrons. The maximum Gasteiger partial charge on any atom is 0.0768 e. The summed E-state index contributed by atoms with van der Waals surface area (Å²) in [5, 5.41) is 11.1. The Hall–Kier alpha value is -1.19. The van der Waals surface area contributed by atoms with Crippen molar-refractivity contribution in [3.05, 3.63) is 29.8 Å². The molecule has 3 fully saturated rings. The van der Waals surface area contributed by atoms with Gasteiger partial charge in [-0.25, -0.2) is 0 Å². The Kier molecular flexibility index (Phi) is 3.79. The predicted molar refractivity (Wildman–Crippen MR) is 89.8 cm³/mol. The first-order valence-corrected chi connectivity index (χ1v) is 8.81.